The molecule has 1 aliphatic rings. The number of amides is 1. The summed E-state index contributed by atoms with van der Waals surface area (Å²) >= 11 is 0. The van der Waals surface area contributed by atoms with E-state index in [1.807, 2.05) is 5.32 Å². The molecule has 2 N–H and O–H groups in total. The molecule has 0 spiro atoms. The first-order valence-electron chi connectivity index (χ1n) is 9.64. The summed E-state index contributed by atoms with van der Waals surface area (Å²) in [6.45, 7) is 0. The van der Waals surface area contributed by atoms with Crippen LogP contribution in [0.25, 0.3) is 0 Å². The molecule has 2 atom stereocenters. The van der Waals surface area contributed by atoms with Crippen LogP contribution in [0.15, 0.2) is 24.3 Å². The quantitative estimate of drug-likeness (QED) is 0.478. The number of carbonyl (C=O) groups excluding carboxylic acids is 1. The number of rotatable bonds is 10. The van der Waals surface area contributed by atoms with Gasteiger partial charge in [0, 0.05) is 6.42 Å². The fourth-order valence-electron chi connectivity index (χ4n) is 2.98. The molecule has 6 nitrogen and oxygen atoms in total. The summed E-state index contributed by atoms with van der Waals surface area (Å²) in [5.74, 6) is -4.28. The summed E-state index contributed by atoms with van der Waals surface area (Å²) in [6, 6.07) is 0.231. The monoisotopic (exact) mass is 503 g/mol. The minimum Gasteiger partial charge on any atom is -0.336 e. The van der Waals surface area contributed by atoms with Gasteiger partial charge in [0.1, 0.15) is 23.4 Å². The van der Waals surface area contributed by atoms with E-state index < -0.39 is 81.4 Å². The van der Waals surface area contributed by atoms with E-state index in [9.17, 15) is 43.9 Å². The van der Waals surface area contributed by atoms with Gasteiger partial charge in [-0.2, -0.15) is 31.6 Å². The Morgan fingerprint density at radius 1 is 1.12 bits per heavy atom. The summed E-state index contributed by atoms with van der Waals surface area (Å²) in [7, 11) is -4.40. The SMILES string of the molecule is N#CC1(NC(=O)C(CS(=O)(=O)CCCC(F)(F)F)N[C@H](c2ccc(F)cc2)C(F)(F)F)CC1. The summed E-state index contributed by atoms with van der Waals surface area (Å²) in [6.07, 6.45) is -11.5. The first-order valence-corrected chi connectivity index (χ1v) is 11.5. The Hall–Kier alpha value is -2.40. The van der Waals surface area contributed by atoms with Gasteiger partial charge in [-0.25, -0.2) is 12.8 Å². The van der Waals surface area contributed by atoms with E-state index in [0.29, 0.717) is 0 Å². The third-order valence-electron chi connectivity index (χ3n) is 4.88. The van der Waals surface area contributed by atoms with Gasteiger partial charge in [-0.05, 0) is 37.0 Å². The van der Waals surface area contributed by atoms with Crippen LogP contribution in [0.4, 0.5) is 30.7 Å². The summed E-state index contributed by atoms with van der Waals surface area (Å²) in [4.78, 5) is 12.6. The van der Waals surface area contributed by atoms with Crippen molar-refractivity contribution in [2.45, 2.75) is 55.7 Å². The van der Waals surface area contributed by atoms with Gasteiger partial charge in [-0.1, -0.05) is 12.1 Å². The van der Waals surface area contributed by atoms with Gasteiger partial charge in [-0.3, -0.25) is 10.1 Å². The second-order valence-electron chi connectivity index (χ2n) is 7.76. The lowest BCUT2D eigenvalue weighted by atomic mass is 10.0. The molecule has 33 heavy (non-hydrogen) atoms. The molecule has 2 rings (SSSR count). The van der Waals surface area contributed by atoms with Crippen LogP contribution < -0.4 is 10.6 Å². The Balaban J connectivity index is 2.27. The van der Waals surface area contributed by atoms with Gasteiger partial charge in [0.15, 0.2) is 9.84 Å². The fraction of sp³-hybridized carbons (Fsp3) is 0.579. The molecule has 1 unspecified atom stereocenters. The maximum absolute atomic E-state index is 13.7. The smallest absolute Gasteiger partial charge is 0.336 e. The molecule has 0 bridgehead atoms. The zero-order chi connectivity index (χ0) is 25.1. The first-order chi connectivity index (χ1) is 15.1. The van der Waals surface area contributed by atoms with Crippen molar-refractivity contribution in [1.29, 1.82) is 5.26 Å². The molecule has 0 heterocycles. The lowest BCUT2D eigenvalue weighted by Gasteiger charge is -2.28. The lowest BCUT2D eigenvalue weighted by Crippen LogP contribution is -2.54. The van der Waals surface area contributed by atoms with Gasteiger partial charge in [0.25, 0.3) is 0 Å². The van der Waals surface area contributed by atoms with Crippen molar-refractivity contribution in [3.8, 4) is 6.07 Å². The highest BCUT2D eigenvalue weighted by atomic mass is 32.2. The highest BCUT2D eigenvalue weighted by Crippen LogP contribution is 2.36. The van der Waals surface area contributed by atoms with Crippen LogP contribution in [-0.4, -0.2) is 49.8 Å². The van der Waals surface area contributed by atoms with Gasteiger partial charge in [0.2, 0.25) is 5.91 Å². The minimum absolute atomic E-state index is 0.209. The molecular weight excluding hydrogens is 483 g/mol. The van der Waals surface area contributed by atoms with Crippen LogP contribution in [0.5, 0.6) is 0 Å². The number of nitrogens with zero attached hydrogens (tertiary/aromatic N) is 1. The topological polar surface area (TPSA) is 99.1 Å². The molecule has 1 amide bonds. The normalized spacial score (nSPS) is 17.6. The first kappa shape index (κ1) is 26.8. The second-order valence-corrected chi connectivity index (χ2v) is 9.99. The molecule has 1 fully saturated rings. The molecule has 0 aromatic heterocycles. The Labute approximate surface area is 185 Å². The number of hydrogen-bond donors (Lipinski definition) is 2. The van der Waals surface area contributed by atoms with E-state index in [-0.39, 0.29) is 12.8 Å². The van der Waals surface area contributed by atoms with Gasteiger partial charge in [0.05, 0.1) is 17.6 Å². The van der Waals surface area contributed by atoms with Crippen molar-refractivity contribution in [3.63, 3.8) is 0 Å². The molecule has 1 saturated carbocycles. The van der Waals surface area contributed by atoms with Crippen LogP contribution in [0.3, 0.4) is 0 Å². The van der Waals surface area contributed by atoms with E-state index in [4.69, 9.17) is 5.26 Å². The average molecular weight is 503 g/mol. The van der Waals surface area contributed by atoms with Crippen LogP contribution in [-0.2, 0) is 14.6 Å². The van der Waals surface area contributed by atoms with Crippen LogP contribution in [0.1, 0.15) is 37.3 Å². The lowest BCUT2D eigenvalue weighted by molar-refractivity contribution is -0.160. The standard InChI is InChI=1S/C19H20F7N3O3S/c20-13-4-2-12(3-5-13)15(19(24,25)26)28-14(16(30)29-17(11-27)7-8-17)10-33(31,32)9-1-6-18(21,22)23/h2-5,14-15,28H,1,6-10H2,(H,29,30)/t14?,15-/m1/s1. The highest BCUT2D eigenvalue weighted by Gasteiger charge is 2.48. The number of alkyl halides is 6. The van der Waals surface area contributed by atoms with Crippen LogP contribution >= 0.6 is 0 Å². The Morgan fingerprint density at radius 3 is 2.15 bits per heavy atom. The van der Waals surface area contributed by atoms with E-state index in [2.05, 4.69) is 5.32 Å². The van der Waals surface area contributed by atoms with Gasteiger partial charge in [-0.15, -0.1) is 0 Å². The van der Waals surface area contributed by atoms with E-state index >= 15 is 0 Å². The summed E-state index contributed by atoms with van der Waals surface area (Å²) in [5, 5.41) is 13.2. The maximum atomic E-state index is 13.7. The minimum atomic E-state index is -5.04. The predicted octanol–water partition coefficient (Wildman–Crippen LogP) is 3.32. The molecule has 0 radical (unpaired) electrons. The Bertz CT molecular complexity index is 982. The fourth-order valence-corrected chi connectivity index (χ4v) is 4.48. The molecule has 14 heteroatoms. The van der Waals surface area contributed by atoms with E-state index in [0.717, 1.165) is 24.3 Å². The summed E-state index contributed by atoms with van der Waals surface area (Å²) in [5.41, 5.74) is -1.85. The zero-order valence-corrected chi connectivity index (χ0v) is 17.7. The average Bonchev–Trinajstić information content (AvgIpc) is 3.43. The largest absolute Gasteiger partial charge is 0.407 e. The number of benzene rings is 1. The Kier molecular flexibility index (Phi) is 8.01. The maximum Gasteiger partial charge on any atom is 0.407 e. The molecule has 1 aromatic carbocycles. The third kappa shape index (κ3) is 8.47. The van der Waals surface area contributed by atoms with Crippen molar-refractivity contribution in [1.82, 2.24) is 10.6 Å². The van der Waals surface area contributed by atoms with Crippen molar-refractivity contribution in [2.75, 3.05) is 11.5 Å². The van der Waals surface area contributed by atoms with Crippen LogP contribution in [0.2, 0.25) is 0 Å². The van der Waals surface area contributed by atoms with Crippen molar-refractivity contribution < 1.29 is 43.9 Å². The zero-order valence-electron chi connectivity index (χ0n) is 16.9. The number of nitrogens with one attached hydrogen (secondary N) is 2. The number of hydrogen-bond acceptors (Lipinski definition) is 5. The summed E-state index contributed by atoms with van der Waals surface area (Å²) < 4.78 is 116. The van der Waals surface area contributed by atoms with E-state index in [1.165, 1.54) is 0 Å². The molecule has 0 aliphatic heterocycles. The second kappa shape index (κ2) is 9.84. The highest BCUT2D eigenvalue weighted by molar-refractivity contribution is 7.91. The van der Waals surface area contributed by atoms with Crippen molar-refractivity contribution in [3.05, 3.63) is 35.6 Å². The molecule has 1 aromatic rings. The van der Waals surface area contributed by atoms with Gasteiger partial charge >= 0.3 is 12.4 Å². The number of halogens is 7. The third-order valence-corrected chi connectivity index (χ3v) is 6.63. The Morgan fingerprint density at radius 2 is 1.70 bits per heavy atom. The van der Waals surface area contributed by atoms with Crippen molar-refractivity contribution >= 4 is 15.7 Å². The number of sulfone groups is 1. The van der Waals surface area contributed by atoms with E-state index in [1.54, 1.807) is 6.07 Å². The molecule has 184 valence electrons. The van der Waals surface area contributed by atoms with Gasteiger partial charge < -0.3 is 5.32 Å². The molecule has 1 aliphatic carbocycles. The van der Waals surface area contributed by atoms with Crippen LogP contribution in [0, 0.1) is 17.1 Å². The van der Waals surface area contributed by atoms with Crippen molar-refractivity contribution in [2.24, 2.45) is 0 Å². The molecule has 0 saturated heterocycles. The number of carbonyl (C=O) groups is 1. The predicted molar refractivity (Wildman–Crippen MR) is 102 cm³/mol. The number of nitriles is 1. The molecular formula is C19H20F7N3O3S.